The maximum absolute atomic E-state index is 11.8. The normalized spacial score (nSPS) is 13.9. The standard InChI is InChI=1S/C26H54NO4P/c1-5-6-7-8-9-10-11-12-13-14-15-16-17-18-19-20-21-22-23-25-30-32(28,29)31-26-24-27(2,3)4/h5H,1,6-26H2,2-4H3/p+1. The van der Waals surface area contributed by atoms with Crippen LogP contribution in [-0.2, 0) is 13.6 Å². The van der Waals surface area contributed by atoms with Crippen molar-refractivity contribution in [3.63, 3.8) is 0 Å². The lowest BCUT2D eigenvalue weighted by Gasteiger charge is -2.24. The van der Waals surface area contributed by atoms with Crippen LogP contribution in [0.15, 0.2) is 12.7 Å². The van der Waals surface area contributed by atoms with Crippen molar-refractivity contribution in [3.05, 3.63) is 12.7 Å². The Morgan fingerprint density at radius 2 is 1.00 bits per heavy atom. The van der Waals surface area contributed by atoms with Crippen LogP contribution in [0.25, 0.3) is 0 Å². The molecule has 0 heterocycles. The molecule has 0 aliphatic heterocycles. The summed E-state index contributed by atoms with van der Waals surface area (Å²) >= 11 is 0. The van der Waals surface area contributed by atoms with E-state index in [-0.39, 0.29) is 6.61 Å². The Bertz CT molecular complexity index is 465. The molecule has 0 amide bonds. The molecule has 0 saturated heterocycles. The number of likely N-dealkylation sites (N-methyl/N-ethyl adjacent to an activating group) is 1. The SMILES string of the molecule is C=CCCCCCCCCCCCCCCCCCCCOP(=O)(O)OCC[N+](C)(C)C. The van der Waals surface area contributed by atoms with Crippen molar-refractivity contribution in [1.29, 1.82) is 0 Å². The van der Waals surface area contributed by atoms with E-state index in [4.69, 9.17) is 9.05 Å². The van der Waals surface area contributed by atoms with Crippen molar-refractivity contribution in [2.24, 2.45) is 0 Å². The zero-order valence-electron chi connectivity index (χ0n) is 21.7. The Kier molecular flexibility index (Phi) is 21.2. The lowest BCUT2D eigenvalue weighted by atomic mass is 10.0. The van der Waals surface area contributed by atoms with Crippen molar-refractivity contribution < 1.29 is 23.0 Å². The van der Waals surface area contributed by atoms with Crippen LogP contribution in [0.5, 0.6) is 0 Å². The molecule has 0 spiro atoms. The van der Waals surface area contributed by atoms with E-state index in [9.17, 15) is 9.46 Å². The second-order valence-corrected chi connectivity index (χ2v) is 11.7. The van der Waals surface area contributed by atoms with Gasteiger partial charge in [-0.25, -0.2) is 4.57 Å². The molecule has 0 fully saturated rings. The van der Waals surface area contributed by atoms with Gasteiger partial charge in [-0.15, -0.1) is 6.58 Å². The highest BCUT2D eigenvalue weighted by atomic mass is 31.2. The minimum absolute atomic E-state index is 0.230. The van der Waals surface area contributed by atoms with Gasteiger partial charge in [0.05, 0.1) is 27.7 Å². The third kappa shape index (κ3) is 26.1. The maximum atomic E-state index is 11.8. The fourth-order valence-electron chi connectivity index (χ4n) is 3.69. The predicted octanol–water partition coefficient (Wildman–Crippen LogP) is 8.03. The maximum Gasteiger partial charge on any atom is 0.472 e. The molecule has 0 aliphatic rings. The molecule has 1 N–H and O–H groups in total. The summed E-state index contributed by atoms with van der Waals surface area (Å²) in [6.07, 6.45) is 25.4. The van der Waals surface area contributed by atoms with Gasteiger partial charge in [0, 0.05) is 0 Å². The van der Waals surface area contributed by atoms with Gasteiger partial charge in [-0.1, -0.05) is 102 Å². The van der Waals surface area contributed by atoms with Gasteiger partial charge in [0.2, 0.25) is 0 Å². The Morgan fingerprint density at radius 1 is 0.656 bits per heavy atom. The van der Waals surface area contributed by atoms with Gasteiger partial charge in [0.1, 0.15) is 13.2 Å². The molecule has 192 valence electrons. The summed E-state index contributed by atoms with van der Waals surface area (Å²) in [5, 5.41) is 0. The first kappa shape index (κ1) is 31.8. The molecule has 0 aromatic rings. The predicted molar refractivity (Wildman–Crippen MR) is 138 cm³/mol. The van der Waals surface area contributed by atoms with Crippen LogP contribution in [-0.4, -0.2) is 50.3 Å². The summed E-state index contributed by atoms with van der Waals surface area (Å²) in [6, 6.07) is 0. The Hall–Kier alpha value is -0.190. The summed E-state index contributed by atoms with van der Waals surface area (Å²) in [7, 11) is 2.17. The van der Waals surface area contributed by atoms with Crippen LogP contribution in [0.2, 0.25) is 0 Å². The molecule has 5 nitrogen and oxygen atoms in total. The van der Waals surface area contributed by atoms with Gasteiger partial charge in [-0.3, -0.25) is 9.05 Å². The minimum Gasteiger partial charge on any atom is -0.329 e. The van der Waals surface area contributed by atoms with Crippen LogP contribution in [0, 0.1) is 0 Å². The third-order valence-corrected chi connectivity index (χ3v) is 6.84. The number of allylic oxidation sites excluding steroid dienone is 1. The number of hydrogen-bond donors (Lipinski definition) is 1. The molecule has 0 aliphatic carbocycles. The van der Waals surface area contributed by atoms with E-state index in [1.165, 1.54) is 103 Å². The Labute approximate surface area is 200 Å². The average molecular weight is 477 g/mol. The smallest absolute Gasteiger partial charge is 0.329 e. The van der Waals surface area contributed by atoms with E-state index >= 15 is 0 Å². The third-order valence-electron chi connectivity index (χ3n) is 5.82. The molecule has 0 saturated carbocycles. The largest absolute Gasteiger partial charge is 0.472 e. The summed E-state index contributed by atoms with van der Waals surface area (Å²) in [5.41, 5.74) is 0. The first-order valence-electron chi connectivity index (χ1n) is 13.3. The van der Waals surface area contributed by atoms with E-state index in [0.717, 1.165) is 12.8 Å². The monoisotopic (exact) mass is 476 g/mol. The molecule has 32 heavy (non-hydrogen) atoms. The van der Waals surface area contributed by atoms with Gasteiger partial charge in [-0.2, -0.15) is 0 Å². The van der Waals surface area contributed by atoms with E-state index in [0.29, 0.717) is 17.6 Å². The van der Waals surface area contributed by atoms with Crippen molar-refractivity contribution in [3.8, 4) is 0 Å². The molecule has 0 aromatic heterocycles. The van der Waals surface area contributed by atoms with Gasteiger partial charge >= 0.3 is 7.82 Å². The fourth-order valence-corrected chi connectivity index (χ4v) is 4.44. The van der Waals surface area contributed by atoms with Crippen molar-refractivity contribution >= 4 is 7.82 Å². The molecule has 1 unspecified atom stereocenters. The first-order valence-corrected chi connectivity index (χ1v) is 14.8. The topological polar surface area (TPSA) is 55.8 Å². The zero-order valence-corrected chi connectivity index (χ0v) is 22.6. The molecular formula is C26H55NO4P+. The van der Waals surface area contributed by atoms with Gasteiger partial charge < -0.3 is 9.38 Å². The van der Waals surface area contributed by atoms with E-state index in [1.807, 2.05) is 27.2 Å². The van der Waals surface area contributed by atoms with Crippen molar-refractivity contribution in [1.82, 2.24) is 0 Å². The van der Waals surface area contributed by atoms with Gasteiger partial charge in [0.15, 0.2) is 0 Å². The summed E-state index contributed by atoms with van der Waals surface area (Å²) in [4.78, 5) is 9.66. The molecule has 0 bridgehead atoms. The molecule has 0 rings (SSSR count). The zero-order chi connectivity index (χ0) is 24.0. The van der Waals surface area contributed by atoms with E-state index in [1.54, 1.807) is 0 Å². The number of quaternary nitrogens is 1. The quantitative estimate of drug-likeness (QED) is 0.0627. The number of rotatable bonds is 25. The highest BCUT2D eigenvalue weighted by Crippen LogP contribution is 2.43. The fraction of sp³-hybridized carbons (Fsp3) is 0.923. The number of nitrogens with zero attached hydrogens (tertiary/aromatic N) is 1. The molecule has 1 atom stereocenters. The lowest BCUT2D eigenvalue weighted by Crippen LogP contribution is -2.37. The van der Waals surface area contributed by atoms with Crippen LogP contribution in [0.4, 0.5) is 0 Å². The van der Waals surface area contributed by atoms with Crippen LogP contribution < -0.4 is 0 Å². The number of hydrogen-bond acceptors (Lipinski definition) is 3. The van der Waals surface area contributed by atoms with Gasteiger partial charge in [0.25, 0.3) is 0 Å². The molecule has 6 heteroatoms. The number of phosphoric acid groups is 1. The molecule has 0 aromatic carbocycles. The van der Waals surface area contributed by atoms with Crippen molar-refractivity contribution in [2.75, 3.05) is 40.9 Å². The lowest BCUT2D eigenvalue weighted by molar-refractivity contribution is -0.870. The number of unbranched alkanes of at least 4 members (excludes halogenated alkanes) is 17. The molecular weight excluding hydrogens is 421 g/mol. The second-order valence-electron chi connectivity index (χ2n) is 10.2. The summed E-state index contributed by atoms with van der Waals surface area (Å²) < 4.78 is 22.6. The molecule has 0 radical (unpaired) electrons. The van der Waals surface area contributed by atoms with E-state index < -0.39 is 7.82 Å². The highest BCUT2D eigenvalue weighted by Gasteiger charge is 2.21. The Balaban J connectivity index is 3.25. The average Bonchev–Trinajstić information content (AvgIpc) is 2.71. The highest BCUT2D eigenvalue weighted by molar-refractivity contribution is 7.47. The van der Waals surface area contributed by atoms with E-state index in [2.05, 4.69) is 6.58 Å². The van der Waals surface area contributed by atoms with Crippen LogP contribution in [0.3, 0.4) is 0 Å². The first-order chi connectivity index (χ1) is 15.3. The minimum atomic E-state index is -3.89. The van der Waals surface area contributed by atoms with Gasteiger partial charge in [-0.05, 0) is 19.3 Å². The second kappa shape index (κ2) is 21.4. The Morgan fingerprint density at radius 3 is 1.38 bits per heavy atom. The van der Waals surface area contributed by atoms with Crippen LogP contribution in [0.1, 0.15) is 116 Å². The summed E-state index contributed by atoms with van der Waals surface area (Å²) in [6.45, 7) is 4.97. The van der Waals surface area contributed by atoms with Crippen LogP contribution >= 0.6 is 7.82 Å². The number of phosphoric ester groups is 1. The summed E-state index contributed by atoms with van der Waals surface area (Å²) in [5.74, 6) is 0. The van der Waals surface area contributed by atoms with Crippen molar-refractivity contribution in [2.45, 2.75) is 116 Å².